The average Bonchev–Trinajstić information content (AvgIpc) is 4.48. The molecular formula is C72H34N4O2. The minimum absolute atomic E-state index is 0.893. The lowest BCUT2D eigenvalue weighted by molar-refractivity contribution is 0.669. The molecule has 0 amide bonds. The first-order valence-electron chi connectivity index (χ1n) is 27.0. The van der Waals surface area contributed by atoms with Gasteiger partial charge in [-0.25, -0.2) is 0 Å². The Labute approximate surface area is 437 Å². The molecule has 22 aromatic rings. The summed E-state index contributed by atoms with van der Waals surface area (Å²) in [4.78, 5) is 0. The molecule has 0 saturated heterocycles. The Morgan fingerprint density at radius 3 is 1.40 bits per heavy atom. The zero-order valence-corrected chi connectivity index (χ0v) is 41.2. The van der Waals surface area contributed by atoms with Crippen molar-refractivity contribution < 1.29 is 8.83 Å². The molecule has 0 bridgehead atoms. The van der Waals surface area contributed by atoms with Gasteiger partial charge in [0.05, 0.1) is 66.2 Å². The van der Waals surface area contributed by atoms with Crippen molar-refractivity contribution >= 4 is 196 Å². The standard InChI is InChI=1S/C72H34N4O2/c1-5-19-51-37(11-1)48-32-57-65(67-41-13-2-6-20-52(41)73(51)71(48)67)45-18-10-17-43-63-54(75(57)70(43)45)26-28-61-66(63)50-29-35(24-27-60(50)77-61)36-23-25-38-49-33-58-64(68-42-14-3-7-21-53(42)74(72(49)68)55(38)30-36)44-16-9-15-40-46-34-62-47(31-56(46)76(58)69(40)44)39-12-4-8-22-59(39)78-62/h1-34H. The molecule has 78 heavy (non-hydrogen) atoms. The van der Waals surface area contributed by atoms with Crippen LogP contribution in [0.1, 0.15) is 0 Å². The summed E-state index contributed by atoms with van der Waals surface area (Å²) in [6.07, 6.45) is 0. The number of rotatable bonds is 1. The van der Waals surface area contributed by atoms with Crippen molar-refractivity contribution in [1.29, 1.82) is 0 Å². The molecule has 10 heterocycles. The van der Waals surface area contributed by atoms with E-state index in [2.05, 4.69) is 224 Å². The van der Waals surface area contributed by atoms with Crippen LogP contribution >= 0.6 is 0 Å². The molecule has 0 atom stereocenters. The third-order valence-corrected chi connectivity index (χ3v) is 18.8. The van der Waals surface area contributed by atoms with E-state index in [1.54, 1.807) is 0 Å². The Morgan fingerprint density at radius 1 is 0.192 bits per heavy atom. The fourth-order valence-corrected chi connectivity index (χ4v) is 15.9. The van der Waals surface area contributed by atoms with E-state index in [0.717, 1.165) is 49.4 Å². The van der Waals surface area contributed by atoms with Gasteiger partial charge in [0, 0.05) is 108 Å². The fourth-order valence-electron chi connectivity index (χ4n) is 15.9. The van der Waals surface area contributed by atoms with Gasteiger partial charge in [0.2, 0.25) is 0 Å². The van der Waals surface area contributed by atoms with Gasteiger partial charge in [-0.3, -0.25) is 0 Å². The zero-order valence-electron chi connectivity index (χ0n) is 41.2. The smallest absolute Gasteiger partial charge is 0.136 e. The molecule has 6 nitrogen and oxygen atoms in total. The van der Waals surface area contributed by atoms with Crippen LogP contribution in [0.15, 0.2) is 215 Å². The van der Waals surface area contributed by atoms with Gasteiger partial charge in [-0.15, -0.1) is 0 Å². The summed E-state index contributed by atoms with van der Waals surface area (Å²) in [7, 11) is 0. The fraction of sp³-hybridized carbons (Fsp3) is 0. The normalized spacial score (nSPS) is 13.4. The number of hydrogen-bond acceptors (Lipinski definition) is 2. The average molecular weight is 987 g/mol. The Morgan fingerprint density at radius 2 is 0.667 bits per heavy atom. The zero-order chi connectivity index (χ0) is 49.7. The molecule has 10 aromatic heterocycles. The maximum atomic E-state index is 6.82. The van der Waals surface area contributed by atoms with Crippen LogP contribution in [0.2, 0.25) is 0 Å². The van der Waals surface area contributed by atoms with Crippen molar-refractivity contribution in [3.05, 3.63) is 206 Å². The molecule has 0 aliphatic carbocycles. The van der Waals surface area contributed by atoms with Gasteiger partial charge >= 0.3 is 0 Å². The molecule has 0 N–H and O–H groups in total. The molecule has 354 valence electrons. The second-order valence-electron chi connectivity index (χ2n) is 22.2. The van der Waals surface area contributed by atoms with Crippen molar-refractivity contribution in [2.24, 2.45) is 0 Å². The van der Waals surface area contributed by atoms with Crippen LogP contribution in [0.4, 0.5) is 0 Å². The van der Waals surface area contributed by atoms with Gasteiger partial charge in [0.15, 0.2) is 0 Å². The topological polar surface area (TPSA) is 43.9 Å². The molecule has 0 unspecified atom stereocenters. The number of aromatic nitrogens is 4. The minimum Gasteiger partial charge on any atom is -0.456 e. The largest absolute Gasteiger partial charge is 0.456 e. The first-order chi connectivity index (χ1) is 38.7. The van der Waals surface area contributed by atoms with Gasteiger partial charge < -0.3 is 26.4 Å². The first kappa shape index (κ1) is 38.1. The summed E-state index contributed by atoms with van der Waals surface area (Å²) in [5.74, 6) is 0. The third kappa shape index (κ3) is 4.01. The summed E-state index contributed by atoms with van der Waals surface area (Å²) >= 11 is 0. The Kier molecular flexibility index (Phi) is 6.05. The molecule has 0 radical (unpaired) electrons. The van der Waals surface area contributed by atoms with Crippen LogP contribution in [-0.2, 0) is 0 Å². The molecule has 0 fully saturated rings. The molecule has 0 aliphatic rings. The molecule has 6 heteroatoms. The van der Waals surface area contributed by atoms with Crippen LogP contribution in [0, 0.1) is 0 Å². The van der Waals surface area contributed by atoms with E-state index in [4.69, 9.17) is 8.83 Å². The SMILES string of the molecule is c1ccc2c(c1)oc1cc3c4cccc5c6c7c8ccccc8n8c9cc(-c%10ccc%11oc%12ccc%13c(c%14cccc%15c%16c%17c%18ccccc%18n%18c%19ccccc%19c(cc%16n%13c%14%15)c%17%18)c%12c%11c%10)ccc9c(cc6n(c3cc12)c45)c78. The lowest BCUT2D eigenvalue weighted by Crippen LogP contribution is -1.83. The van der Waals surface area contributed by atoms with Gasteiger partial charge in [-0.1, -0.05) is 127 Å². The van der Waals surface area contributed by atoms with Crippen LogP contribution < -0.4 is 0 Å². The highest BCUT2D eigenvalue weighted by Crippen LogP contribution is 2.52. The highest BCUT2D eigenvalue weighted by atomic mass is 16.3. The van der Waals surface area contributed by atoms with Crippen molar-refractivity contribution in [2.75, 3.05) is 0 Å². The van der Waals surface area contributed by atoms with Gasteiger partial charge in [0.1, 0.15) is 22.3 Å². The maximum absolute atomic E-state index is 6.82. The van der Waals surface area contributed by atoms with Crippen molar-refractivity contribution in [1.82, 2.24) is 17.6 Å². The summed E-state index contributed by atoms with van der Waals surface area (Å²) in [6, 6.07) is 77.0. The highest BCUT2D eigenvalue weighted by Gasteiger charge is 2.29. The summed E-state index contributed by atoms with van der Waals surface area (Å²) in [5.41, 5.74) is 20.9. The second kappa shape index (κ2) is 12.4. The molecule has 0 saturated carbocycles. The van der Waals surface area contributed by atoms with E-state index < -0.39 is 0 Å². The number of benzene rings is 12. The van der Waals surface area contributed by atoms with Gasteiger partial charge in [-0.2, -0.15) is 0 Å². The van der Waals surface area contributed by atoms with E-state index in [1.807, 2.05) is 0 Å². The number of nitrogens with zero attached hydrogens (tertiary/aromatic N) is 4. The second-order valence-corrected chi connectivity index (χ2v) is 22.2. The Balaban J connectivity index is 0.800. The monoisotopic (exact) mass is 986 g/mol. The van der Waals surface area contributed by atoms with Crippen LogP contribution in [0.3, 0.4) is 0 Å². The Bertz CT molecular complexity index is 6550. The predicted octanol–water partition coefficient (Wildman–Crippen LogP) is 19.8. The summed E-state index contributed by atoms with van der Waals surface area (Å²) < 4.78 is 23.4. The van der Waals surface area contributed by atoms with E-state index in [9.17, 15) is 0 Å². The van der Waals surface area contributed by atoms with E-state index in [1.165, 1.54) is 158 Å². The number of hydrogen-bond donors (Lipinski definition) is 0. The molecule has 0 aliphatic heterocycles. The lowest BCUT2D eigenvalue weighted by Gasteiger charge is -2.05. The summed E-state index contributed by atoms with van der Waals surface area (Å²) in [5, 5.41) is 25.0. The summed E-state index contributed by atoms with van der Waals surface area (Å²) in [6.45, 7) is 0. The molecule has 12 aromatic carbocycles. The quantitative estimate of drug-likeness (QED) is 0.164. The molecule has 22 rings (SSSR count). The number of furan rings is 2. The van der Waals surface area contributed by atoms with E-state index >= 15 is 0 Å². The Hall–Kier alpha value is -10.6. The minimum atomic E-state index is 0.893. The third-order valence-electron chi connectivity index (χ3n) is 18.8. The number of fused-ring (bicyclic) bond motifs is 33. The van der Waals surface area contributed by atoms with Crippen molar-refractivity contribution in [3.63, 3.8) is 0 Å². The predicted molar refractivity (Wildman–Crippen MR) is 325 cm³/mol. The van der Waals surface area contributed by atoms with Crippen molar-refractivity contribution in [2.45, 2.75) is 0 Å². The first-order valence-corrected chi connectivity index (χ1v) is 27.0. The van der Waals surface area contributed by atoms with Crippen molar-refractivity contribution in [3.8, 4) is 11.1 Å². The molecule has 0 spiro atoms. The van der Waals surface area contributed by atoms with Gasteiger partial charge in [0.25, 0.3) is 0 Å². The van der Waals surface area contributed by atoms with Crippen LogP contribution in [0.25, 0.3) is 207 Å². The lowest BCUT2D eigenvalue weighted by atomic mass is 9.98. The van der Waals surface area contributed by atoms with Crippen LogP contribution in [0.5, 0.6) is 0 Å². The van der Waals surface area contributed by atoms with E-state index in [0.29, 0.717) is 0 Å². The van der Waals surface area contributed by atoms with Gasteiger partial charge in [-0.05, 0) is 90.0 Å². The molecular weight excluding hydrogens is 953 g/mol. The highest BCUT2D eigenvalue weighted by molar-refractivity contribution is 6.41. The number of para-hydroxylation sites is 6. The van der Waals surface area contributed by atoms with Crippen LogP contribution in [-0.4, -0.2) is 17.6 Å². The van der Waals surface area contributed by atoms with E-state index in [-0.39, 0.29) is 0 Å². The maximum Gasteiger partial charge on any atom is 0.136 e.